The third kappa shape index (κ3) is 7.21. The number of nitrogens with one attached hydrogen (secondary N) is 1. The van der Waals surface area contributed by atoms with Crippen LogP contribution in [0.15, 0.2) is 18.2 Å². The van der Waals surface area contributed by atoms with Crippen LogP contribution < -0.4 is 14.8 Å². The number of hydrogen-bond donors (Lipinski definition) is 2. The van der Waals surface area contributed by atoms with Crippen molar-refractivity contribution in [3.63, 3.8) is 0 Å². The summed E-state index contributed by atoms with van der Waals surface area (Å²) in [4.78, 5) is 23.5. The highest BCUT2D eigenvalue weighted by Gasteiger charge is 2.26. The summed E-state index contributed by atoms with van der Waals surface area (Å²) >= 11 is 0. The van der Waals surface area contributed by atoms with Crippen LogP contribution in [0.4, 0.5) is 4.79 Å². The van der Waals surface area contributed by atoms with Gasteiger partial charge in [-0.25, -0.2) is 9.59 Å². The third-order valence-corrected chi connectivity index (χ3v) is 3.25. The summed E-state index contributed by atoms with van der Waals surface area (Å²) in [6.45, 7) is 9.62. The van der Waals surface area contributed by atoms with E-state index in [0.29, 0.717) is 29.6 Å². The fraction of sp³-hybridized carbons (Fsp3) is 0.579. The lowest BCUT2D eigenvalue weighted by Crippen LogP contribution is -2.44. The van der Waals surface area contributed by atoms with Gasteiger partial charge in [-0.1, -0.05) is 26.0 Å². The minimum absolute atomic E-state index is 0.0409. The molecule has 1 aromatic carbocycles. The molecule has 0 heterocycles. The summed E-state index contributed by atoms with van der Waals surface area (Å²) in [5.74, 6) is 0.141. The second-order valence-electron chi connectivity index (χ2n) is 7.39. The van der Waals surface area contributed by atoms with Gasteiger partial charge in [0.15, 0.2) is 11.5 Å². The molecule has 7 nitrogen and oxygen atoms in total. The first-order valence-electron chi connectivity index (χ1n) is 8.54. The normalized spacial score (nSPS) is 12.4. The average Bonchev–Trinajstić information content (AvgIpc) is 2.50. The van der Waals surface area contributed by atoms with Gasteiger partial charge in [-0.05, 0) is 32.8 Å². The Bertz CT molecular complexity index is 621. The van der Waals surface area contributed by atoms with E-state index in [1.54, 1.807) is 39.0 Å². The molecule has 7 heteroatoms. The standard InChI is InChI=1S/C19H29NO6/c1-12(2)11-25-16-13(8-7-9-15(16)24-6)10-14(17(21)22)20-18(23)26-19(3,4)5/h7-9,12,14H,10-11H2,1-6H3,(H,20,23)(H,21,22). The Morgan fingerprint density at radius 1 is 1.23 bits per heavy atom. The van der Waals surface area contributed by atoms with E-state index < -0.39 is 23.7 Å². The Morgan fingerprint density at radius 3 is 2.38 bits per heavy atom. The number of carboxylic acid groups (broad SMARTS) is 1. The van der Waals surface area contributed by atoms with E-state index in [4.69, 9.17) is 14.2 Å². The van der Waals surface area contributed by atoms with E-state index in [9.17, 15) is 14.7 Å². The Labute approximate surface area is 154 Å². The van der Waals surface area contributed by atoms with Crippen LogP contribution in [0.5, 0.6) is 11.5 Å². The predicted molar refractivity (Wildman–Crippen MR) is 97.8 cm³/mol. The molecule has 1 amide bonds. The monoisotopic (exact) mass is 367 g/mol. The van der Waals surface area contributed by atoms with Crippen molar-refractivity contribution >= 4 is 12.1 Å². The van der Waals surface area contributed by atoms with Crippen molar-refractivity contribution < 1.29 is 28.9 Å². The molecule has 0 saturated carbocycles. The number of alkyl carbamates (subject to hydrolysis) is 1. The van der Waals surface area contributed by atoms with E-state index in [2.05, 4.69) is 5.32 Å². The highest BCUT2D eigenvalue weighted by atomic mass is 16.6. The number of rotatable bonds is 8. The minimum atomic E-state index is -1.16. The van der Waals surface area contributed by atoms with Gasteiger partial charge in [-0.2, -0.15) is 0 Å². The fourth-order valence-corrected chi connectivity index (χ4v) is 2.17. The van der Waals surface area contributed by atoms with E-state index in [-0.39, 0.29) is 6.42 Å². The molecular formula is C19H29NO6. The van der Waals surface area contributed by atoms with Gasteiger partial charge in [0.25, 0.3) is 0 Å². The third-order valence-electron chi connectivity index (χ3n) is 3.25. The fourth-order valence-electron chi connectivity index (χ4n) is 2.17. The molecular weight excluding hydrogens is 338 g/mol. The van der Waals surface area contributed by atoms with Gasteiger partial charge >= 0.3 is 12.1 Å². The zero-order valence-corrected chi connectivity index (χ0v) is 16.3. The van der Waals surface area contributed by atoms with Crippen LogP contribution in [-0.2, 0) is 16.0 Å². The molecule has 0 aromatic heterocycles. The quantitative estimate of drug-likeness (QED) is 0.732. The van der Waals surface area contributed by atoms with Gasteiger partial charge in [-0.15, -0.1) is 0 Å². The molecule has 0 radical (unpaired) electrons. The zero-order valence-electron chi connectivity index (χ0n) is 16.3. The van der Waals surface area contributed by atoms with Crippen LogP contribution in [0, 0.1) is 5.92 Å². The second kappa shape index (κ2) is 9.31. The summed E-state index contributed by atoms with van der Waals surface area (Å²) < 4.78 is 16.3. The van der Waals surface area contributed by atoms with Crippen LogP contribution in [-0.4, -0.2) is 42.5 Å². The van der Waals surface area contributed by atoms with Gasteiger partial charge in [0, 0.05) is 12.0 Å². The number of aliphatic carboxylic acids is 1. The van der Waals surface area contributed by atoms with Gasteiger partial charge in [0.05, 0.1) is 13.7 Å². The molecule has 1 rings (SSSR count). The van der Waals surface area contributed by atoms with E-state index in [1.807, 2.05) is 13.8 Å². The average molecular weight is 367 g/mol. The maximum atomic E-state index is 11.9. The van der Waals surface area contributed by atoms with Crippen LogP contribution in [0.25, 0.3) is 0 Å². The molecule has 0 aliphatic rings. The molecule has 2 N–H and O–H groups in total. The Morgan fingerprint density at radius 2 is 1.88 bits per heavy atom. The molecule has 0 saturated heterocycles. The van der Waals surface area contributed by atoms with Gasteiger partial charge in [0.2, 0.25) is 0 Å². The van der Waals surface area contributed by atoms with E-state index in [1.165, 1.54) is 7.11 Å². The first-order valence-corrected chi connectivity index (χ1v) is 8.54. The number of carbonyl (C=O) groups excluding carboxylic acids is 1. The SMILES string of the molecule is COc1cccc(CC(NC(=O)OC(C)(C)C)C(=O)O)c1OCC(C)C. The first kappa shape index (κ1) is 21.6. The number of benzene rings is 1. The number of ether oxygens (including phenoxy) is 3. The smallest absolute Gasteiger partial charge is 0.408 e. The summed E-state index contributed by atoms with van der Waals surface area (Å²) in [5.41, 5.74) is -0.0808. The number of para-hydroxylation sites is 1. The number of amides is 1. The Hall–Kier alpha value is -2.44. The lowest BCUT2D eigenvalue weighted by molar-refractivity contribution is -0.139. The molecule has 146 valence electrons. The summed E-state index contributed by atoms with van der Waals surface area (Å²) in [6.07, 6.45) is -0.739. The van der Waals surface area contributed by atoms with Crippen molar-refractivity contribution in [3.8, 4) is 11.5 Å². The number of methoxy groups -OCH3 is 1. The Kier molecular flexibility index (Phi) is 7.74. The minimum Gasteiger partial charge on any atom is -0.493 e. The van der Waals surface area contributed by atoms with Crippen LogP contribution in [0.1, 0.15) is 40.2 Å². The molecule has 1 atom stereocenters. The van der Waals surface area contributed by atoms with E-state index in [0.717, 1.165) is 0 Å². The lowest BCUT2D eigenvalue weighted by atomic mass is 10.0. The predicted octanol–water partition coefficient (Wildman–Crippen LogP) is 3.25. The Balaban J connectivity index is 3.00. The van der Waals surface area contributed by atoms with Crippen molar-refractivity contribution in [1.82, 2.24) is 5.32 Å². The molecule has 0 aliphatic heterocycles. The van der Waals surface area contributed by atoms with Crippen molar-refractivity contribution in [2.24, 2.45) is 5.92 Å². The van der Waals surface area contributed by atoms with Crippen molar-refractivity contribution in [2.75, 3.05) is 13.7 Å². The molecule has 1 unspecified atom stereocenters. The molecule has 0 spiro atoms. The first-order chi connectivity index (χ1) is 12.0. The maximum Gasteiger partial charge on any atom is 0.408 e. The van der Waals surface area contributed by atoms with Crippen molar-refractivity contribution in [3.05, 3.63) is 23.8 Å². The zero-order chi connectivity index (χ0) is 19.9. The largest absolute Gasteiger partial charge is 0.493 e. The van der Waals surface area contributed by atoms with Gasteiger partial charge < -0.3 is 24.6 Å². The molecule has 0 bridgehead atoms. The molecule has 26 heavy (non-hydrogen) atoms. The van der Waals surface area contributed by atoms with E-state index >= 15 is 0 Å². The van der Waals surface area contributed by atoms with Crippen molar-refractivity contribution in [2.45, 2.75) is 52.7 Å². The van der Waals surface area contributed by atoms with Gasteiger partial charge in [0.1, 0.15) is 11.6 Å². The van der Waals surface area contributed by atoms with Gasteiger partial charge in [-0.3, -0.25) is 0 Å². The summed E-state index contributed by atoms with van der Waals surface area (Å²) in [7, 11) is 1.52. The molecule has 0 fully saturated rings. The van der Waals surface area contributed by atoms with Crippen LogP contribution in [0.3, 0.4) is 0 Å². The highest BCUT2D eigenvalue weighted by Crippen LogP contribution is 2.32. The number of carbonyl (C=O) groups is 2. The van der Waals surface area contributed by atoms with Crippen LogP contribution >= 0.6 is 0 Å². The highest BCUT2D eigenvalue weighted by molar-refractivity contribution is 5.80. The molecule has 0 aliphatic carbocycles. The summed E-state index contributed by atoms with van der Waals surface area (Å²) in [5, 5.41) is 11.9. The molecule has 1 aromatic rings. The number of carboxylic acids is 1. The summed E-state index contributed by atoms with van der Waals surface area (Å²) in [6, 6.07) is 4.10. The number of hydrogen-bond acceptors (Lipinski definition) is 5. The van der Waals surface area contributed by atoms with Crippen LogP contribution in [0.2, 0.25) is 0 Å². The van der Waals surface area contributed by atoms with Crippen molar-refractivity contribution in [1.29, 1.82) is 0 Å². The topological polar surface area (TPSA) is 94.1 Å². The maximum absolute atomic E-state index is 11.9. The lowest BCUT2D eigenvalue weighted by Gasteiger charge is -2.23. The second-order valence-corrected chi connectivity index (χ2v) is 7.39.